The average Bonchev–Trinajstić information content (AvgIpc) is 2.84. The molecule has 1 nitrogen and oxygen atoms in total. The van der Waals surface area contributed by atoms with Crippen molar-refractivity contribution in [3.8, 4) is 0 Å². The van der Waals surface area contributed by atoms with Gasteiger partial charge in [-0.3, -0.25) is 0 Å². The van der Waals surface area contributed by atoms with Crippen LogP contribution in [-0.4, -0.2) is 24.6 Å². The maximum atomic E-state index is 13.6. The summed E-state index contributed by atoms with van der Waals surface area (Å²) in [5.41, 5.74) is 0.473. The molecular formula is C13H17F2NS. The largest absolute Gasteiger partial charge is 0.316 e. The number of nitrogens with one attached hydrogen (secondary N) is 1. The average molecular weight is 257 g/mol. The van der Waals surface area contributed by atoms with E-state index >= 15 is 0 Å². The monoisotopic (exact) mass is 257 g/mol. The van der Waals surface area contributed by atoms with Crippen molar-refractivity contribution in [2.45, 2.75) is 18.9 Å². The third-order valence-electron chi connectivity index (χ3n) is 3.35. The van der Waals surface area contributed by atoms with Crippen LogP contribution in [0.3, 0.4) is 0 Å². The summed E-state index contributed by atoms with van der Waals surface area (Å²) in [6, 6.07) is 3.92. The number of likely N-dealkylation sites (N-methyl/N-ethyl adjacent to an activating group) is 1. The molecule has 0 aromatic heterocycles. The van der Waals surface area contributed by atoms with Gasteiger partial charge in [-0.1, -0.05) is 0 Å². The first kappa shape index (κ1) is 12.8. The zero-order valence-corrected chi connectivity index (χ0v) is 10.7. The normalized spacial score (nSPS) is 21.7. The highest BCUT2D eigenvalue weighted by atomic mass is 32.2. The Morgan fingerprint density at radius 2 is 2.29 bits per heavy atom. The summed E-state index contributed by atoms with van der Waals surface area (Å²) in [6.45, 7) is 0. The highest BCUT2D eigenvalue weighted by Crippen LogP contribution is 2.28. The van der Waals surface area contributed by atoms with Gasteiger partial charge in [-0.05, 0) is 61.1 Å². The van der Waals surface area contributed by atoms with Gasteiger partial charge in [0.1, 0.15) is 11.6 Å². The van der Waals surface area contributed by atoms with Crippen molar-refractivity contribution in [3.63, 3.8) is 0 Å². The lowest BCUT2D eigenvalue weighted by atomic mass is 9.93. The van der Waals surface area contributed by atoms with Crippen molar-refractivity contribution < 1.29 is 8.78 Å². The van der Waals surface area contributed by atoms with Gasteiger partial charge in [-0.15, -0.1) is 0 Å². The summed E-state index contributed by atoms with van der Waals surface area (Å²) in [4.78, 5) is 0. The SMILES string of the molecule is CNC(Cc1cc(F)ccc1F)C1CCSC1. The molecule has 4 heteroatoms. The van der Waals surface area contributed by atoms with Crippen molar-refractivity contribution in [1.29, 1.82) is 0 Å². The van der Waals surface area contributed by atoms with Crippen LogP contribution in [-0.2, 0) is 6.42 Å². The van der Waals surface area contributed by atoms with Crippen LogP contribution in [0.15, 0.2) is 18.2 Å². The Morgan fingerprint density at radius 3 is 2.94 bits per heavy atom. The second-order valence-electron chi connectivity index (χ2n) is 4.46. The Labute approximate surface area is 105 Å². The van der Waals surface area contributed by atoms with Crippen molar-refractivity contribution in [1.82, 2.24) is 5.32 Å². The van der Waals surface area contributed by atoms with E-state index in [0.717, 1.165) is 12.2 Å². The third-order valence-corrected chi connectivity index (χ3v) is 4.54. The first-order valence-electron chi connectivity index (χ1n) is 5.89. The molecule has 1 saturated heterocycles. The van der Waals surface area contributed by atoms with Gasteiger partial charge in [0.2, 0.25) is 0 Å². The summed E-state index contributed by atoms with van der Waals surface area (Å²) < 4.78 is 26.6. The van der Waals surface area contributed by atoms with E-state index in [1.54, 1.807) is 0 Å². The fourth-order valence-corrected chi connectivity index (χ4v) is 3.65. The van der Waals surface area contributed by atoms with E-state index in [9.17, 15) is 8.78 Å². The Kier molecular flexibility index (Phi) is 4.40. The number of thioether (sulfide) groups is 1. The molecular weight excluding hydrogens is 240 g/mol. The molecule has 2 rings (SSSR count). The van der Waals surface area contributed by atoms with Gasteiger partial charge < -0.3 is 5.32 Å². The number of hydrogen-bond donors (Lipinski definition) is 1. The Morgan fingerprint density at radius 1 is 1.47 bits per heavy atom. The van der Waals surface area contributed by atoms with Crippen molar-refractivity contribution >= 4 is 11.8 Å². The topological polar surface area (TPSA) is 12.0 Å². The van der Waals surface area contributed by atoms with Gasteiger partial charge in [0, 0.05) is 6.04 Å². The molecule has 1 heterocycles. The third kappa shape index (κ3) is 3.19. The first-order valence-corrected chi connectivity index (χ1v) is 7.05. The molecule has 0 spiro atoms. The lowest BCUT2D eigenvalue weighted by Crippen LogP contribution is -2.35. The highest BCUT2D eigenvalue weighted by Gasteiger charge is 2.25. The molecule has 17 heavy (non-hydrogen) atoms. The minimum atomic E-state index is -0.364. The fourth-order valence-electron chi connectivity index (χ4n) is 2.31. The van der Waals surface area contributed by atoms with Gasteiger partial charge in [-0.25, -0.2) is 8.78 Å². The van der Waals surface area contributed by atoms with Gasteiger partial charge in [0.15, 0.2) is 0 Å². The van der Waals surface area contributed by atoms with E-state index in [0.29, 0.717) is 17.9 Å². The molecule has 1 aliphatic rings. The van der Waals surface area contributed by atoms with Gasteiger partial charge in [0.25, 0.3) is 0 Å². The van der Waals surface area contributed by atoms with Crippen LogP contribution in [0.1, 0.15) is 12.0 Å². The van der Waals surface area contributed by atoms with Crippen LogP contribution < -0.4 is 5.32 Å². The smallest absolute Gasteiger partial charge is 0.126 e. The summed E-state index contributed by atoms with van der Waals surface area (Å²) >= 11 is 1.94. The second-order valence-corrected chi connectivity index (χ2v) is 5.61. The van der Waals surface area contributed by atoms with Crippen LogP contribution in [0.25, 0.3) is 0 Å². The minimum Gasteiger partial charge on any atom is -0.316 e. The first-order chi connectivity index (χ1) is 8.20. The zero-order chi connectivity index (χ0) is 12.3. The van der Waals surface area contributed by atoms with Crippen molar-refractivity contribution in [3.05, 3.63) is 35.4 Å². The van der Waals surface area contributed by atoms with Gasteiger partial charge in [0.05, 0.1) is 0 Å². The van der Waals surface area contributed by atoms with E-state index in [1.807, 2.05) is 18.8 Å². The van der Waals surface area contributed by atoms with Crippen LogP contribution in [0.5, 0.6) is 0 Å². The molecule has 0 aliphatic carbocycles. The number of halogens is 2. The molecule has 94 valence electrons. The quantitative estimate of drug-likeness (QED) is 0.890. The predicted molar refractivity (Wildman–Crippen MR) is 68.3 cm³/mol. The number of hydrogen-bond acceptors (Lipinski definition) is 2. The maximum Gasteiger partial charge on any atom is 0.126 e. The van der Waals surface area contributed by atoms with Crippen LogP contribution >= 0.6 is 11.8 Å². The van der Waals surface area contributed by atoms with Gasteiger partial charge in [-0.2, -0.15) is 11.8 Å². The molecule has 2 unspecified atom stereocenters. The van der Waals surface area contributed by atoms with E-state index < -0.39 is 0 Å². The second kappa shape index (κ2) is 5.83. The number of rotatable bonds is 4. The molecule has 0 saturated carbocycles. The van der Waals surface area contributed by atoms with Crippen LogP contribution in [0, 0.1) is 17.6 Å². The molecule has 2 atom stereocenters. The van der Waals surface area contributed by atoms with Gasteiger partial charge >= 0.3 is 0 Å². The molecule has 1 aliphatic heterocycles. The van der Waals surface area contributed by atoms with E-state index in [-0.39, 0.29) is 17.7 Å². The summed E-state index contributed by atoms with van der Waals surface area (Å²) in [5, 5.41) is 3.24. The molecule has 1 aromatic rings. The molecule has 1 N–H and O–H groups in total. The molecule has 0 radical (unpaired) electrons. The van der Waals surface area contributed by atoms with Crippen molar-refractivity contribution in [2.75, 3.05) is 18.6 Å². The Bertz CT molecular complexity index is 378. The lowest BCUT2D eigenvalue weighted by Gasteiger charge is -2.22. The van der Waals surface area contributed by atoms with Crippen molar-refractivity contribution in [2.24, 2.45) is 5.92 Å². The Balaban J connectivity index is 2.09. The molecule has 1 aromatic carbocycles. The standard InChI is InChI=1S/C13H17F2NS/c1-16-13(9-4-5-17-8-9)7-10-6-11(14)2-3-12(10)15/h2-3,6,9,13,16H,4-5,7-8H2,1H3. The van der Waals surface area contributed by atoms with Crippen LogP contribution in [0.4, 0.5) is 8.78 Å². The van der Waals surface area contributed by atoms with E-state index in [2.05, 4.69) is 5.32 Å². The summed E-state index contributed by atoms with van der Waals surface area (Å²) in [6.07, 6.45) is 1.72. The minimum absolute atomic E-state index is 0.237. The molecule has 0 bridgehead atoms. The fraction of sp³-hybridized carbons (Fsp3) is 0.538. The Hall–Kier alpha value is -0.610. The summed E-state index contributed by atoms with van der Waals surface area (Å²) in [7, 11) is 1.89. The predicted octanol–water partition coefficient (Wildman–Crippen LogP) is 2.85. The highest BCUT2D eigenvalue weighted by molar-refractivity contribution is 7.99. The molecule has 0 amide bonds. The number of benzene rings is 1. The lowest BCUT2D eigenvalue weighted by molar-refractivity contribution is 0.398. The zero-order valence-electron chi connectivity index (χ0n) is 9.88. The molecule has 1 fully saturated rings. The van der Waals surface area contributed by atoms with E-state index in [4.69, 9.17) is 0 Å². The maximum absolute atomic E-state index is 13.6. The summed E-state index contributed by atoms with van der Waals surface area (Å²) in [5.74, 6) is 2.18. The van der Waals surface area contributed by atoms with E-state index in [1.165, 1.54) is 24.0 Å². The van der Waals surface area contributed by atoms with Crippen LogP contribution in [0.2, 0.25) is 0 Å².